The molecule has 0 aliphatic heterocycles. The van der Waals surface area contributed by atoms with E-state index >= 15 is 0 Å². The number of rotatable bonds is 8. The fraction of sp³-hybridized carbons (Fsp3) is 0.500. The second-order valence-electron chi connectivity index (χ2n) is 5.02. The molecule has 0 spiro atoms. The maximum Gasteiger partial charge on any atom is 0.251 e. The number of unbranched alkanes of at least 4 members (excludes halogenated alkanes) is 1. The third-order valence-electron chi connectivity index (χ3n) is 3.67. The lowest BCUT2D eigenvalue weighted by Crippen LogP contribution is -2.27. The average molecular weight is 289 g/mol. The van der Waals surface area contributed by atoms with E-state index in [4.69, 9.17) is 4.42 Å². The van der Waals surface area contributed by atoms with Crippen molar-refractivity contribution in [2.24, 2.45) is 0 Å². The highest BCUT2D eigenvalue weighted by Gasteiger charge is 2.07. The van der Waals surface area contributed by atoms with E-state index in [1.807, 2.05) is 0 Å². The normalized spacial score (nSPS) is 11.2. The SMILES string of the molecule is CCN(CC)CCCCNC(=O)c1ccc2ocnc2c1. The second kappa shape index (κ2) is 7.78. The second-order valence-corrected chi connectivity index (χ2v) is 5.02. The van der Waals surface area contributed by atoms with Gasteiger partial charge in [-0.15, -0.1) is 0 Å². The molecule has 2 aromatic rings. The summed E-state index contributed by atoms with van der Waals surface area (Å²) in [6.45, 7) is 8.31. The molecule has 0 radical (unpaired) electrons. The number of oxazole rings is 1. The fourth-order valence-corrected chi connectivity index (χ4v) is 2.30. The van der Waals surface area contributed by atoms with Crippen LogP contribution in [0.5, 0.6) is 0 Å². The predicted molar refractivity (Wildman–Crippen MR) is 83.4 cm³/mol. The van der Waals surface area contributed by atoms with Crippen LogP contribution in [0.2, 0.25) is 0 Å². The highest BCUT2D eigenvalue weighted by atomic mass is 16.3. The van der Waals surface area contributed by atoms with E-state index in [1.54, 1.807) is 18.2 Å². The van der Waals surface area contributed by atoms with Crippen molar-refractivity contribution >= 4 is 17.0 Å². The molecule has 2 rings (SSSR count). The Morgan fingerprint density at radius 1 is 1.29 bits per heavy atom. The third-order valence-corrected chi connectivity index (χ3v) is 3.67. The van der Waals surface area contributed by atoms with E-state index in [9.17, 15) is 4.79 Å². The fourth-order valence-electron chi connectivity index (χ4n) is 2.30. The first kappa shape index (κ1) is 15.5. The van der Waals surface area contributed by atoms with Gasteiger partial charge in [0.25, 0.3) is 5.91 Å². The quantitative estimate of drug-likeness (QED) is 0.759. The number of nitrogens with one attached hydrogen (secondary N) is 1. The Balaban J connectivity index is 1.74. The molecule has 21 heavy (non-hydrogen) atoms. The van der Waals surface area contributed by atoms with Crippen LogP contribution >= 0.6 is 0 Å². The zero-order valence-electron chi connectivity index (χ0n) is 12.8. The molecule has 0 fully saturated rings. The van der Waals surface area contributed by atoms with Crippen molar-refractivity contribution in [2.45, 2.75) is 26.7 Å². The molecule has 0 bridgehead atoms. The van der Waals surface area contributed by atoms with E-state index in [0.29, 0.717) is 23.2 Å². The number of amides is 1. The highest BCUT2D eigenvalue weighted by Crippen LogP contribution is 2.13. The Bertz CT molecular complexity index is 576. The molecular weight excluding hydrogens is 266 g/mol. The number of fused-ring (bicyclic) bond motifs is 1. The van der Waals surface area contributed by atoms with Gasteiger partial charge < -0.3 is 14.6 Å². The summed E-state index contributed by atoms with van der Waals surface area (Å²) in [5, 5.41) is 2.95. The minimum Gasteiger partial charge on any atom is -0.443 e. The van der Waals surface area contributed by atoms with Crippen molar-refractivity contribution in [3.05, 3.63) is 30.2 Å². The Morgan fingerprint density at radius 3 is 2.86 bits per heavy atom. The van der Waals surface area contributed by atoms with E-state index in [1.165, 1.54) is 6.39 Å². The van der Waals surface area contributed by atoms with Crippen LogP contribution in [0.4, 0.5) is 0 Å². The molecule has 0 atom stereocenters. The zero-order chi connectivity index (χ0) is 15.1. The van der Waals surface area contributed by atoms with Crippen molar-refractivity contribution < 1.29 is 9.21 Å². The molecule has 0 saturated carbocycles. The van der Waals surface area contributed by atoms with Crippen molar-refractivity contribution in [3.63, 3.8) is 0 Å². The minimum absolute atomic E-state index is 0.0530. The predicted octanol–water partition coefficient (Wildman–Crippen LogP) is 2.68. The van der Waals surface area contributed by atoms with Gasteiger partial charge in [0, 0.05) is 12.1 Å². The molecule has 1 N–H and O–H groups in total. The summed E-state index contributed by atoms with van der Waals surface area (Å²) in [6.07, 6.45) is 3.48. The van der Waals surface area contributed by atoms with Gasteiger partial charge in [-0.25, -0.2) is 4.98 Å². The lowest BCUT2D eigenvalue weighted by molar-refractivity contribution is 0.0952. The lowest BCUT2D eigenvalue weighted by atomic mass is 10.2. The van der Waals surface area contributed by atoms with Crippen LogP contribution in [0.3, 0.4) is 0 Å². The third kappa shape index (κ3) is 4.29. The number of aromatic nitrogens is 1. The van der Waals surface area contributed by atoms with Crippen LogP contribution in [0, 0.1) is 0 Å². The topological polar surface area (TPSA) is 58.4 Å². The Kier molecular flexibility index (Phi) is 5.75. The summed E-state index contributed by atoms with van der Waals surface area (Å²) < 4.78 is 5.16. The van der Waals surface area contributed by atoms with Gasteiger partial charge >= 0.3 is 0 Å². The summed E-state index contributed by atoms with van der Waals surface area (Å²) >= 11 is 0. The molecule has 5 nitrogen and oxygen atoms in total. The van der Waals surface area contributed by atoms with Gasteiger partial charge in [0.2, 0.25) is 0 Å². The Labute approximate surface area is 125 Å². The van der Waals surface area contributed by atoms with Gasteiger partial charge in [-0.05, 0) is 50.7 Å². The average Bonchev–Trinajstić information content (AvgIpc) is 2.98. The summed E-state index contributed by atoms with van der Waals surface area (Å²) in [7, 11) is 0. The number of hydrogen-bond acceptors (Lipinski definition) is 4. The standard InChI is InChI=1S/C16H23N3O2/c1-3-19(4-2)10-6-5-9-17-16(20)13-7-8-15-14(11-13)18-12-21-15/h7-8,11-12H,3-6,9-10H2,1-2H3,(H,17,20). The summed E-state index contributed by atoms with van der Waals surface area (Å²) in [5.74, 6) is -0.0530. The number of carbonyl (C=O) groups excluding carboxylic acids is 1. The van der Waals surface area contributed by atoms with Gasteiger partial charge in [0.05, 0.1) is 0 Å². The van der Waals surface area contributed by atoms with Gasteiger partial charge in [-0.2, -0.15) is 0 Å². The summed E-state index contributed by atoms with van der Waals surface area (Å²) in [4.78, 5) is 18.5. The molecule has 0 saturated heterocycles. The summed E-state index contributed by atoms with van der Waals surface area (Å²) in [6, 6.07) is 5.29. The van der Waals surface area contributed by atoms with Gasteiger partial charge in [0.1, 0.15) is 5.52 Å². The monoisotopic (exact) mass is 289 g/mol. The van der Waals surface area contributed by atoms with E-state index in [-0.39, 0.29) is 5.91 Å². The Hall–Kier alpha value is -1.88. The maximum atomic E-state index is 12.0. The van der Waals surface area contributed by atoms with Crippen LogP contribution < -0.4 is 5.32 Å². The molecule has 1 aromatic heterocycles. The Morgan fingerprint density at radius 2 is 2.10 bits per heavy atom. The van der Waals surface area contributed by atoms with Crippen molar-refractivity contribution in [1.82, 2.24) is 15.2 Å². The first-order valence-electron chi connectivity index (χ1n) is 7.58. The smallest absolute Gasteiger partial charge is 0.251 e. The van der Waals surface area contributed by atoms with Gasteiger partial charge in [-0.1, -0.05) is 13.8 Å². The van der Waals surface area contributed by atoms with E-state index < -0.39 is 0 Å². The summed E-state index contributed by atoms with van der Waals surface area (Å²) in [5.41, 5.74) is 2.04. The van der Waals surface area contributed by atoms with Crippen molar-refractivity contribution in [2.75, 3.05) is 26.2 Å². The van der Waals surface area contributed by atoms with Gasteiger partial charge in [-0.3, -0.25) is 4.79 Å². The largest absolute Gasteiger partial charge is 0.443 e. The van der Waals surface area contributed by atoms with Crippen molar-refractivity contribution in [1.29, 1.82) is 0 Å². The van der Waals surface area contributed by atoms with Crippen LogP contribution in [0.1, 0.15) is 37.0 Å². The molecule has 0 aliphatic rings. The highest BCUT2D eigenvalue weighted by molar-refractivity contribution is 5.96. The maximum absolute atomic E-state index is 12.0. The zero-order valence-corrected chi connectivity index (χ0v) is 12.8. The van der Waals surface area contributed by atoms with Crippen LogP contribution in [-0.2, 0) is 0 Å². The van der Waals surface area contributed by atoms with E-state index in [2.05, 4.69) is 29.0 Å². The molecule has 1 aromatic carbocycles. The lowest BCUT2D eigenvalue weighted by Gasteiger charge is -2.17. The van der Waals surface area contributed by atoms with Crippen LogP contribution in [0.15, 0.2) is 29.0 Å². The number of nitrogens with zero attached hydrogens (tertiary/aromatic N) is 2. The molecule has 0 unspecified atom stereocenters. The molecule has 114 valence electrons. The van der Waals surface area contributed by atoms with Crippen LogP contribution in [-0.4, -0.2) is 42.0 Å². The van der Waals surface area contributed by atoms with Gasteiger partial charge in [0.15, 0.2) is 12.0 Å². The molecule has 1 heterocycles. The number of benzene rings is 1. The molecule has 1 amide bonds. The molecular formula is C16H23N3O2. The molecule has 5 heteroatoms. The minimum atomic E-state index is -0.0530. The number of carbonyl (C=O) groups is 1. The van der Waals surface area contributed by atoms with Crippen molar-refractivity contribution in [3.8, 4) is 0 Å². The number of hydrogen-bond donors (Lipinski definition) is 1. The van der Waals surface area contributed by atoms with Crippen LogP contribution in [0.25, 0.3) is 11.1 Å². The first-order valence-corrected chi connectivity index (χ1v) is 7.58. The molecule has 0 aliphatic carbocycles. The van der Waals surface area contributed by atoms with E-state index in [0.717, 1.165) is 32.5 Å². The first-order chi connectivity index (χ1) is 10.2.